The van der Waals surface area contributed by atoms with Crippen LogP contribution in [0.5, 0.6) is 0 Å². The van der Waals surface area contributed by atoms with Crippen LogP contribution in [0.25, 0.3) is 0 Å². The SMILES string of the molecule is CC/C=C\C/C=C\C/C=C\C/C=C\C/C=C\C/C=C\CCCCCCC(=O)OC(/C=C\C/C=C\C/C=C\C/C=C\CC)CCCCCC(=O)NC(CCCN)C(=O)O. The van der Waals surface area contributed by atoms with E-state index in [1.807, 2.05) is 6.08 Å². The molecule has 0 aromatic carbocycles. The number of nitrogens with two attached hydrogens (primary N) is 1. The molecular weight excluding hydrogens is 721 g/mol. The minimum absolute atomic E-state index is 0.166. The van der Waals surface area contributed by atoms with Gasteiger partial charge < -0.3 is 20.9 Å². The van der Waals surface area contributed by atoms with E-state index in [9.17, 15) is 19.5 Å². The average Bonchev–Trinajstić information content (AvgIpc) is 3.21. The molecule has 0 aliphatic heterocycles. The van der Waals surface area contributed by atoms with Crippen LogP contribution >= 0.6 is 0 Å². The van der Waals surface area contributed by atoms with E-state index in [1.165, 1.54) is 0 Å². The van der Waals surface area contributed by atoms with Crippen molar-refractivity contribution >= 4 is 17.8 Å². The van der Waals surface area contributed by atoms with Gasteiger partial charge in [0, 0.05) is 12.8 Å². The highest BCUT2D eigenvalue weighted by Crippen LogP contribution is 2.14. The normalized spacial score (nSPS) is 13.8. The van der Waals surface area contributed by atoms with E-state index in [0.717, 1.165) is 109 Å². The summed E-state index contributed by atoms with van der Waals surface area (Å²) in [5, 5.41) is 11.9. The van der Waals surface area contributed by atoms with Crippen molar-refractivity contribution in [2.45, 2.75) is 174 Å². The molecule has 0 aliphatic carbocycles. The maximum atomic E-state index is 12.8. The number of rotatable bonds is 38. The van der Waals surface area contributed by atoms with Gasteiger partial charge in [-0.2, -0.15) is 0 Å². The molecule has 4 N–H and O–H groups in total. The second-order valence-corrected chi connectivity index (χ2v) is 14.3. The number of hydrogen-bond donors (Lipinski definition) is 3. The average molecular weight is 801 g/mol. The summed E-state index contributed by atoms with van der Waals surface area (Å²) in [5.74, 6) is -1.46. The molecule has 0 spiro atoms. The van der Waals surface area contributed by atoms with Crippen molar-refractivity contribution < 1.29 is 24.2 Å². The summed E-state index contributed by atoms with van der Waals surface area (Å²) in [5.41, 5.74) is 5.49. The van der Waals surface area contributed by atoms with Crippen molar-refractivity contribution in [3.05, 3.63) is 122 Å². The molecule has 0 bridgehead atoms. The van der Waals surface area contributed by atoms with E-state index < -0.39 is 12.0 Å². The molecule has 0 rings (SSSR count). The molecule has 58 heavy (non-hydrogen) atoms. The van der Waals surface area contributed by atoms with Gasteiger partial charge in [-0.05, 0) is 128 Å². The Balaban J connectivity index is 4.44. The number of unbranched alkanes of at least 4 members (excludes halogenated alkanes) is 6. The number of hydrogen-bond acceptors (Lipinski definition) is 5. The number of esters is 1. The van der Waals surface area contributed by atoms with Gasteiger partial charge in [0.05, 0.1) is 0 Å². The zero-order valence-electron chi connectivity index (χ0n) is 36.3. The third-order valence-corrected chi connectivity index (χ3v) is 9.01. The standard InChI is InChI=1S/C51H80N2O5/c1-3-5-7-9-11-13-15-16-17-18-19-20-21-22-23-24-25-26-28-30-32-34-39-45-50(55)58-47(41-36-33-31-29-27-14-12-10-8-6-4-2)42-37-35-38-44-49(54)53-48(51(56)57)43-40-46-52/h5-8,11-14,16-17,19-20,22-23,25-26,29,31,36,41,47-48H,3-4,9-10,15,18,21,24,27-28,30,32-35,37-40,42-46,52H2,1-2H3,(H,53,54)(H,56,57)/b7-5-,8-6-,13-11-,14-12-,17-16-,20-19-,23-22-,26-25-,31-29-,41-36-. The number of nitrogens with one attached hydrogen (secondary N) is 1. The fourth-order valence-corrected chi connectivity index (χ4v) is 5.71. The molecule has 0 aromatic rings. The first kappa shape index (κ1) is 53.8. The number of ether oxygens (including phenoxy) is 1. The third kappa shape index (κ3) is 40.0. The smallest absolute Gasteiger partial charge is 0.326 e. The summed E-state index contributed by atoms with van der Waals surface area (Å²) < 4.78 is 5.89. The second kappa shape index (κ2) is 43.9. The lowest BCUT2D eigenvalue weighted by Gasteiger charge is -2.15. The molecule has 0 radical (unpaired) electrons. The van der Waals surface area contributed by atoms with Crippen LogP contribution in [0.3, 0.4) is 0 Å². The van der Waals surface area contributed by atoms with E-state index >= 15 is 0 Å². The Morgan fingerprint density at radius 3 is 1.43 bits per heavy atom. The lowest BCUT2D eigenvalue weighted by Crippen LogP contribution is -2.40. The Morgan fingerprint density at radius 1 is 0.517 bits per heavy atom. The first-order chi connectivity index (χ1) is 28.4. The molecule has 0 saturated heterocycles. The van der Waals surface area contributed by atoms with Crippen LogP contribution in [0.15, 0.2) is 122 Å². The van der Waals surface area contributed by atoms with E-state index in [1.54, 1.807) is 0 Å². The summed E-state index contributed by atoms with van der Waals surface area (Å²) in [4.78, 5) is 36.5. The Hall–Kier alpha value is -4.23. The highest BCUT2D eigenvalue weighted by Gasteiger charge is 2.19. The van der Waals surface area contributed by atoms with Crippen molar-refractivity contribution in [2.75, 3.05) is 6.54 Å². The van der Waals surface area contributed by atoms with Crippen LogP contribution in [0.4, 0.5) is 0 Å². The summed E-state index contributed by atoms with van der Waals surface area (Å²) >= 11 is 0. The lowest BCUT2D eigenvalue weighted by atomic mass is 10.1. The Morgan fingerprint density at radius 2 is 0.948 bits per heavy atom. The van der Waals surface area contributed by atoms with E-state index in [4.69, 9.17) is 10.5 Å². The number of carboxylic acids is 1. The maximum Gasteiger partial charge on any atom is 0.326 e. The molecule has 0 heterocycles. The van der Waals surface area contributed by atoms with E-state index in [0.29, 0.717) is 38.6 Å². The Labute approximate surface area is 353 Å². The van der Waals surface area contributed by atoms with E-state index in [-0.39, 0.29) is 24.4 Å². The van der Waals surface area contributed by atoms with Gasteiger partial charge >= 0.3 is 11.9 Å². The second-order valence-electron chi connectivity index (χ2n) is 14.3. The number of carbonyl (C=O) groups is 3. The molecule has 0 aromatic heterocycles. The number of allylic oxidation sites excluding steroid dienone is 19. The lowest BCUT2D eigenvalue weighted by molar-refractivity contribution is -0.147. The van der Waals surface area contributed by atoms with Crippen molar-refractivity contribution in [2.24, 2.45) is 5.73 Å². The van der Waals surface area contributed by atoms with Gasteiger partial charge in [0.1, 0.15) is 12.1 Å². The summed E-state index contributed by atoms with van der Waals surface area (Å²) in [7, 11) is 0. The topological polar surface area (TPSA) is 119 Å². The minimum Gasteiger partial charge on any atom is -0.480 e. The van der Waals surface area contributed by atoms with Crippen molar-refractivity contribution in [3.8, 4) is 0 Å². The number of carbonyl (C=O) groups excluding carboxylic acids is 2. The predicted octanol–water partition coefficient (Wildman–Crippen LogP) is 13.0. The minimum atomic E-state index is -1.04. The maximum absolute atomic E-state index is 12.8. The zero-order valence-corrected chi connectivity index (χ0v) is 36.3. The van der Waals surface area contributed by atoms with Crippen LogP contribution in [-0.2, 0) is 19.1 Å². The molecule has 7 heteroatoms. The Bertz CT molecular complexity index is 1310. The van der Waals surface area contributed by atoms with Gasteiger partial charge in [-0.3, -0.25) is 9.59 Å². The number of aliphatic carboxylic acids is 1. The quantitative estimate of drug-likeness (QED) is 0.0325. The monoisotopic (exact) mass is 801 g/mol. The van der Waals surface area contributed by atoms with Crippen molar-refractivity contribution in [1.82, 2.24) is 5.32 Å². The molecular formula is C51H80N2O5. The molecule has 7 nitrogen and oxygen atoms in total. The summed E-state index contributed by atoms with van der Waals surface area (Å²) in [6, 6.07) is -0.902. The van der Waals surface area contributed by atoms with Crippen LogP contribution in [0.1, 0.15) is 162 Å². The van der Waals surface area contributed by atoms with Gasteiger partial charge in [-0.15, -0.1) is 0 Å². The predicted molar refractivity (Wildman–Crippen MR) is 247 cm³/mol. The highest BCUT2D eigenvalue weighted by atomic mass is 16.5. The summed E-state index contributed by atoms with van der Waals surface area (Å²) in [6.45, 7) is 4.67. The molecule has 2 unspecified atom stereocenters. The zero-order chi connectivity index (χ0) is 42.4. The highest BCUT2D eigenvalue weighted by molar-refractivity contribution is 5.83. The van der Waals surface area contributed by atoms with Gasteiger partial charge in [0.15, 0.2) is 0 Å². The molecule has 2 atom stereocenters. The van der Waals surface area contributed by atoms with Crippen LogP contribution in [0, 0.1) is 0 Å². The molecule has 1 amide bonds. The molecule has 0 saturated carbocycles. The van der Waals surface area contributed by atoms with E-state index in [2.05, 4.69) is 135 Å². The van der Waals surface area contributed by atoms with Gasteiger partial charge in [0.25, 0.3) is 0 Å². The summed E-state index contributed by atoms with van der Waals surface area (Å²) in [6.07, 6.45) is 62.6. The van der Waals surface area contributed by atoms with Crippen LogP contribution < -0.4 is 11.1 Å². The fraction of sp³-hybridized carbons (Fsp3) is 0.549. The largest absolute Gasteiger partial charge is 0.480 e. The molecule has 0 aliphatic rings. The number of carboxylic acid groups (broad SMARTS) is 1. The van der Waals surface area contributed by atoms with Crippen molar-refractivity contribution in [1.29, 1.82) is 0 Å². The molecule has 324 valence electrons. The number of amides is 1. The molecule has 0 fully saturated rings. The van der Waals surface area contributed by atoms with Gasteiger partial charge in [0.2, 0.25) is 5.91 Å². The Kier molecular flexibility index (Phi) is 40.7. The van der Waals surface area contributed by atoms with Crippen LogP contribution in [0.2, 0.25) is 0 Å². The fourth-order valence-electron chi connectivity index (χ4n) is 5.71. The van der Waals surface area contributed by atoms with Crippen molar-refractivity contribution in [3.63, 3.8) is 0 Å². The first-order valence-corrected chi connectivity index (χ1v) is 22.4. The first-order valence-electron chi connectivity index (χ1n) is 22.4. The van der Waals surface area contributed by atoms with Gasteiger partial charge in [-0.1, -0.05) is 149 Å². The third-order valence-electron chi connectivity index (χ3n) is 9.01. The van der Waals surface area contributed by atoms with Crippen LogP contribution in [-0.4, -0.2) is 41.6 Å². The van der Waals surface area contributed by atoms with Gasteiger partial charge in [-0.25, -0.2) is 4.79 Å².